The third-order valence-corrected chi connectivity index (χ3v) is 2.87. The van der Waals surface area contributed by atoms with E-state index in [9.17, 15) is 5.11 Å². The molecule has 0 spiro atoms. The van der Waals surface area contributed by atoms with Crippen LogP contribution in [0, 0.1) is 0 Å². The van der Waals surface area contributed by atoms with Crippen molar-refractivity contribution < 1.29 is 5.11 Å². The minimum atomic E-state index is -0.491. The summed E-state index contributed by atoms with van der Waals surface area (Å²) in [6.07, 6.45) is 1.54. The van der Waals surface area contributed by atoms with Crippen LogP contribution in [0.3, 0.4) is 0 Å². The van der Waals surface area contributed by atoms with E-state index in [4.69, 9.17) is 11.6 Å². The smallest absolute Gasteiger partial charge is 0.0847 e. The molecule has 2 nitrogen and oxygen atoms in total. The zero-order valence-corrected chi connectivity index (χ0v) is 9.61. The molecule has 78 valence electrons. The van der Waals surface area contributed by atoms with Crippen molar-refractivity contribution in [3.05, 3.63) is 24.3 Å². The molecule has 0 aliphatic rings. The standard InChI is InChI=1S/C10H14ClNOS/c1-14-10-4-2-3-8(5-10)12-7-9(13)6-11/h2-5,9,12-13H,6-7H2,1H3. The van der Waals surface area contributed by atoms with E-state index < -0.39 is 6.10 Å². The number of halogens is 1. The maximum Gasteiger partial charge on any atom is 0.0847 e. The first-order valence-corrected chi connectivity index (χ1v) is 6.14. The Hall–Kier alpha value is -0.380. The molecule has 2 N–H and O–H groups in total. The topological polar surface area (TPSA) is 32.3 Å². The fourth-order valence-electron chi connectivity index (χ4n) is 1.02. The highest BCUT2D eigenvalue weighted by Gasteiger charge is 2.01. The summed E-state index contributed by atoms with van der Waals surface area (Å²) in [4.78, 5) is 1.20. The summed E-state index contributed by atoms with van der Waals surface area (Å²) in [5.74, 6) is 0.259. The second-order valence-electron chi connectivity index (χ2n) is 2.92. The number of aliphatic hydroxyl groups excluding tert-OH is 1. The SMILES string of the molecule is CSc1cccc(NCC(O)CCl)c1. The quantitative estimate of drug-likeness (QED) is 0.603. The largest absolute Gasteiger partial charge is 0.390 e. The molecule has 0 aromatic heterocycles. The van der Waals surface area contributed by atoms with Gasteiger partial charge in [0.25, 0.3) is 0 Å². The van der Waals surface area contributed by atoms with Crippen LogP contribution in [-0.4, -0.2) is 29.9 Å². The van der Waals surface area contributed by atoms with Crippen LogP contribution in [-0.2, 0) is 0 Å². The van der Waals surface area contributed by atoms with Crippen molar-refractivity contribution in [2.24, 2.45) is 0 Å². The van der Waals surface area contributed by atoms with Gasteiger partial charge in [-0.25, -0.2) is 0 Å². The summed E-state index contributed by atoms with van der Waals surface area (Å²) < 4.78 is 0. The molecule has 0 heterocycles. The Morgan fingerprint density at radius 1 is 1.57 bits per heavy atom. The molecule has 1 aromatic carbocycles. The first kappa shape index (κ1) is 11.7. The Kier molecular flexibility index (Phi) is 5.15. The molecule has 0 bridgehead atoms. The fraction of sp³-hybridized carbons (Fsp3) is 0.400. The van der Waals surface area contributed by atoms with E-state index in [-0.39, 0.29) is 5.88 Å². The van der Waals surface area contributed by atoms with Gasteiger partial charge in [0.15, 0.2) is 0 Å². The van der Waals surface area contributed by atoms with Gasteiger partial charge in [-0.2, -0.15) is 0 Å². The van der Waals surface area contributed by atoms with Gasteiger partial charge in [0, 0.05) is 17.1 Å². The van der Waals surface area contributed by atoms with E-state index in [2.05, 4.69) is 5.32 Å². The Bertz CT molecular complexity index is 283. The van der Waals surface area contributed by atoms with E-state index in [1.165, 1.54) is 4.90 Å². The number of benzene rings is 1. The lowest BCUT2D eigenvalue weighted by Crippen LogP contribution is -2.20. The number of rotatable bonds is 5. The zero-order valence-electron chi connectivity index (χ0n) is 8.03. The number of alkyl halides is 1. The van der Waals surface area contributed by atoms with E-state index in [1.54, 1.807) is 11.8 Å². The monoisotopic (exact) mass is 231 g/mol. The van der Waals surface area contributed by atoms with E-state index in [0.717, 1.165) is 5.69 Å². The van der Waals surface area contributed by atoms with Crippen LogP contribution in [0.1, 0.15) is 0 Å². The Morgan fingerprint density at radius 2 is 2.36 bits per heavy atom. The van der Waals surface area contributed by atoms with Crippen molar-refractivity contribution in [3.8, 4) is 0 Å². The maximum absolute atomic E-state index is 9.25. The highest BCUT2D eigenvalue weighted by molar-refractivity contribution is 7.98. The molecule has 0 radical (unpaired) electrons. The Labute approximate surface area is 93.7 Å². The van der Waals surface area contributed by atoms with Gasteiger partial charge in [-0.3, -0.25) is 0 Å². The zero-order chi connectivity index (χ0) is 10.4. The predicted molar refractivity (Wildman–Crippen MR) is 63.4 cm³/mol. The first-order valence-electron chi connectivity index (χ1n) is 4.38. The minimum absolute atomic E-state index is 0.259. The molecular formula is C10H14ClNOS. The summed E-state index contributed by atoms with van der Waals surface area (Å²) >= 11 is 7.18. The van der Waals surface area contributed by atoms with Crippen LogP contribution in [0.5, 0.6) is 0 Å². The average molecular weight is 232 g/mol. The first-order chi connectivity index (χ1) is 6.76. The molecule has 0 aliphatic heterocycles. The van der Waals surface area contributed by atoms with E-state index in [0.29, 0.717) is 6.54 Å². The number of anilines is 1. The normalized spacial score (nSPS) is 12.5. The molecule has 0 saturated heterocycles. The van der Waals surface area contributed by atoms with Crippen molar-refractivity contribution in [1.82, 2.24) is 0 Å². The molecule has 1 atom stereocenters. The lowest BCUT2D eigenvalue weighted by Gasteiger charge is -2.10. The van der Waals surface area contributed by atoms with Crippen molar-refractivity contribution >= 4 is 29.1 Å². The van der Waals surface area contributed by atoms with Crippen LogP contribution in [0.4, 0.5) is 5.69 Å². The fourth-order valence-corrected chi connectivity index (χ4v) is 1.59. The minimum Gasteiger partial charge on any atom is -0.390 e. The Morgan fingerprint density at radius 3 is 3.00 bits per heavy atom. The van der Waals surface area contributed by atoms with Gasteiger partial charge in [-0.15, -0.1) is 23.4 Å². The van der Waals surface area contributed by atoms with Gasteiger partial charge in [-0.05, 0) is 24.5 Å². The number of aliphatic hydroxyl groups is 1. The molecule has 0 saturated carbocycles. The molecule has 4 heteroatoms. The van der Waals surface area contributed by atoms with Gasteiger partial charge < -0.3 is 10.4 Å². The lowest BCUT2D eigenvalue weighted by molar-refractivity contribution is 0.211. The molecule has 14 heavy (non-hydrogen) atoms. The average Bonchev–Trinajstić information content (AvgIpc) is 2.26. The number of nitrogens with one attached hydrogen (secondary N) is 1. The second-order valence-corrected chi connectivity index (χ2v) is 4.11. The van der Waals surface area contributed by atoms with Crippen LogP contribution in [0.15, 0.2) is 29.2 Å². The van der Waals surface area contributed by atoms with Crippen molar-refractivity contribution in [1.29, 1.82) is 0 Å². The van der Waals surface area contributed by atoms with Crippen LogP contribution < -0.4 is 5.32 Å². The van der Waals surface area contributed by atoms with Crippen molar-refractivity contribution in [3.63, 3.8) is 0 Å². The molecule has 1 rings (SSSR count). The molecular weight excluding hydrogens is 218 g/mol. The van der Waals surface area contributed by atoms with Gasteiger partial charge >= 0.3 is 0 Å². The summed E-state index contributed by atoms with van der Waals surface area (Å²) in [5.41, 5.74) is 1.01. The van der Waals surface area contributed by atoms with Gasteiger partial charge in [-0.1, -0.05) is 6.07 Å². The van der Waals surface area contributed by atoms with Crippen LogP contribution in [0.25, 0.3) is 0 Å². The molecule has 1 unspecified atom stereocenters. The maximum atomic E-state index is 9.25. The highest BCUT2D eigenvalue weighted by Crippen LogP contribution is 2.18. The summed E-state index contributed by atoms with van der Waals surface area (Å²) in [5, 5.41) is 12.4. The summed E-state index contributed by atoms with van der Waals surface area (Å²) in [7, 11) is 0. The summed E-state index contributed by atoms with van der Waals surface area (Å²) in [6, 6.07) is 8.06. The molecule has 1 aromatic rings. The molecule has 0 amide bonds. The number of hydrogen-bond donors (Lipinski definition) is 2. The number of hydrogen-bond acceptors (Lipinski definition) is 3. The van der Waals surface area contributed by atoms with Crippen LogP contribution >= 0.6 is 23.4 Å². The van der Waals surface area contributed by atoms with Crippen molar-refractivity contribution in [2.75, 3.05) is 24.0 Å². The van der Waals surface area contributed by atoms with Gasteiger partial charge in [0.1, 0.15) is 0 Å². The van der Waals surface area contributed by atoms with E-state index in [1.807, 2.05) is 30.5 Å². The van der Waals surface area contributed by atoms with Crippen molar-refractivity contribution in [2.45, 2.75) is 11.0 Å². The third-order valence-electron chi connectivity index (χ3n) is 1.79. The predicted octanol–water partition coefficient (Wildman–Crippen LogP) is 2.42. The number of thioether (sulfide) groups is 1. The highest BCUT2D eigenvalue weighted by atomic mass is 35.5. The second kappa shape index (κ2) is 6.17. The Balaban J connectivity index is 2.50. The van der Waals surface area contributed by atoms with Gasteiger partial charge in [0.05, 0.1) is 12.0 Å². The molecule has 0 aliphatic carbocycles. The van der Waals surface area contributed by atoms with Gasteiger partial charge in [0.2, 0.25) is 0 Å². The summed E-state index contributed by atoms with van der Waals surface area (Å²) in [6.45, 7) is 0.487. The third kappa shape index (κ3) is 3.78. The molecule has 0 fully saturated rings. The van der Waals surface area contributed by atoms with E-state index >= 15 is 0 Å². The lowest BCUT2D eigenvalue weighted by atomic mass is 10.3. The van der Waals surface area contributed by atoms with Crippen LogP contribution in [0.2, 0.25) is 0 Å².